The van der Waals surface area contributed by atoms with Crippen LogP contribution in [0.1, 0.15) is 10.4 Å². The molecule has 1 amide bonds. The van der Waals surface area contributed by atoms with Crippen LogP contribution < -0.4 is 5.32 Å². The van der Waals surface area contributed by atoms with Gasteiger partial charge < -0.3 is 5.32 Å². The summed E-state index contributed by atoms with van der Waals surface area (Å²) in [5, 5.41) is 13.1. The molecule has 2 N–H and O–H groups in total. The monoisotopic (exact) mass is 365 g/mol. The number of carbonyl (C=O) groups is 1. The third kappa shape index (κ3) is 3.23. The SMILES string of the molecule is Cc1cc(NC(=O)Cc2cccs2)cc2c(-c3cccc(F)c3)[nH]nc12. The Morgan fingerprint density at radius 1 is 1.23 bits per heavy atom. The predicted octanol–water partition coefficient (Wildman–Crippen LogP) is 4.92. The normalized spacial score (nSPS) is 11.0. The lowest BCUT2D eigenvalue weighted by Gasteiger charge is -2.07. The molecule has 0 saturated carbocycles. The smallest absolute Gasteiger partial charge is 0.229 e. The Morgan fingerprint density at radius 2 is 2.12 bits per heavy atom. The first kappa shape index (κ1) is 16.5. The molecule has 4 aromatic rings. The molecule has 0 atom stereocenters. The molecule has 0 bridgehead atoms. The minimum Gasteiger partial charge on any atom is -0.326 e. The summed E-state index contributed by atoms with van der Waals surface area (Å²) < 4.78 is 13.6. The number of hydrogen-bond acceptors (Lipinski definition) is 3. The van der Waals surface area contributed by atoms with E-state index < -0.39 is 0 Å². The molecule has 4 rings (SSSR count). The van der Waals surface area contributed by atoms with E-state index in [0.29, 0.717) is 17.7 Å². The zero-order chi connectivity index (χ0) is 18.1. The Morgan fingerprint density at radius 3 is 2.88 bits per heavy atom. The van der Waals surface area contributed by atoms with Crippen LogP contribution in [-0.4, -0.2) is 16.1 Å². The molecule has 0 aliphatic rings. The number of hydrogen-bond donors (Lipinski definition) is 2. The first-order chi connectivity index (χ1) is 12.6. The van der Waals surface area contributed by atoms with Gasteiger partial charge in [-0.25, -0.2) is 4.39 Å². The Bertz CT molecular complexity index is 1090. The maximum Gasteiger partial charge on any atom is 0.229 e. The van der Waals surface area contributed by atoms with Crippen molar-refractivity contribution in [1.29, 1.82) is 0 Å². The Hall–Kier alpha value is -2.99. The van der Waals surface area contributed by atoms with Gasteiger partial charge in [-0.15, -0.1) is 11.3 Å². The maximum atomic E-state index is 13.6. The summed E-state index contributed by atoms with van der Waals surface area (Å²) in [4.78, 5) is 13.3. The van der Waals surface area contributed by atoms with Crippen molar-refractivity contribution >= 4 is 33.8 Å². The lowest BCUT2D eigenvalue weighted by molar-refractivity contribution is -0.115. The molecule has 0 unspecified atom stereocenters. The lowest BCUT2D eigenvalue weighted by atomic mass is 10.0. The van der Waals surface area contributed by atoms with E-state index in [0.717, 1.165) is 27.0 Å². The predicted molar refractivity (Wildman–Crippen MR) is 103 cm³/mol. The highest BCUT2D eigenvalue weighted by Gasteiger charge is 2.13. The number of nitrogens with zero attached hydrogens (tertiary/aromatic N) is 1. The summed E-state index contributed by atoms with van der Waals surface area (Å²) in [7, 11) is 0. The molecule has 2 heterocycles. The topological polar surface area (TPSA) is 57.8 Å². The molecule has 0 saturated heterocycles. The summed E-state index contributed by atoms with van der Waals surface area (Å²) in [5.74, 6) is -0.371. The number of rotatable bonds is 4. The molecule has 6 heteroatoms. The second kappa shape index (κ2) is 6.72. The molecular weight excluding hydrogens is 349 g/mol. The molecular formula is C20H16FN3OS. The highest BCUT2D eigenvalue weighted by atomic mass is 32.1. The van der Waals surface area contributed by atoms with Gasteiger partial charge in [0.05, 0.1) is 17.6 Å². The van der Waals surface area contributed by atoms with Gasteiger partial charge in [0.2, 0.25) is 5.91 Å². The van der Waals surface area contributed by atoms with Crippen molar-refractivity contribution in [2.45, 2.75) is 13.3 Å². The second-order valence-electron chi connectivity index (χ2n) is 6.10. The molecule has 4 nitrogen and oxygen atoms in total. The molecule has 0 aliphatic heterocycles. The summed E-state index contributed by atoms with van der Waals surface area (Å²) in [6, 6.07) is 14.0. The number of fused-ring (bicyclic) bond motifs is 1. The number of halogens is 1. The number of anilines is 1. The minimum absolute atomic E-state index is 0.0676. The van der Waals surface area contributed by atoms with Gasteiger partial charge in [0.15, 0.2) is 0 Å². The molecule has 2 aromatic carbocycles. The van der Waals surface area contributed by atoms with Gasteiger partial charge in [-0.05, 0) is 48.2 Å². The summed E-state index contributed by atoms with van der Waals surface area (Å²) >= 11 is 1.56. The fourth-order valence-corrected chi connectivity index (χ4v) is 3.71. The highest BCUT2D eigenvalue weighted by Crippen LogP contribution is 2.31. The Labute approximate surface area is 153 Å². The number of H-pyrrole nitrogens is 1. The molecule has 2 aromatic heterocycles. The maximum absolute atomic E-state index is 13.6. The number of thiophene rings is 1. The van der Waals surface area contributed by atoms with Gasteiger partial charge in [-0.3, -0.25) is 9.89 Å². The highest BCUT2D eigenvalue weighted by molar-refractivity contribution is 7.10. The van der Waals surface area contributed by atoms with E-state index in [-0.39, 0.29) is 11.7 Å². The van der Waals surface area contributed by atoms with Crippen molar-refractivity contribution in [2.24, 2.45) is 0 Å². The van der Waals surface area contributed by atoms with Crippen LogP contribution in [-0.2, 0) is 11.2 Å². The number of aromatic nitrogens is 2. The summed E-state index contributed by atoms with van der Waals surface area (Å²) in [5.41, 5.74) is 3.90. The van der Waals surface area contributed by atoms with Crippen LogP contribution in [0.25, 0.3) is 22.2 Å². The first-order valence-electron chi connectivity index (χ1n) is 8.17. The van der Waals surface area contributed by atoms with Crippen LogP contribution >= 0.6 is 11.3 Å². The van der Waals surface area contributed by atoms with Crippen molar-refractivity contribution in [3.63, 3.8) is 0 Å². The van der Waals surface area contributed by atoms with E-state index in [1.54, 1.807) is 17.4 Å². The fourth-order valence-electron chi connectivity index (χ4n) is 3.00. The van der Waals surface area contributed by atoms with Crippen molar-refractivity contribution in [3.05, 3.63) is 70.2 Å². The van der Waals surface area contributed by atoms with Crippen LogP contribution in [0, 0.1) is 12.7 Å². The molecule has 26 heavy (non-hydrogen) atoms. The van der Waals surface area contributed by atoms with Crippen molar-refractivity contribution < 1.29 is 9.18 Å². The zero-order valence-corrected chi connectivity index (χ0v) is 14.9. The van der Waals surface area contributed by atoms with Crippen LogP contribution in [0.15, 0.2) is 53.9 Å². The van der Waals surface area contributed by atoms with Gasteiger partial charge in [-0.2, -0.15) is 5.10 Å². The number of benzene rings is 2. The van der Waals surface area contributed by atoms with Crippen LogP contribution in [0.4, 0.5) is 10.1 Å². The Balaban J connectivity index is 1.68. The summed E-state index contributed by atoms with van der Waals surface area (Å²) in [6.07, 6.45) is 0.344. The standard InChI is InChI=1S/C20H16FN3OS/c1-12-8-15(22-18(25)11-16-6-3-7-26-16)10-17-19(12)23-24-20(17)13-4-2-5-14(21)9-13/h2-10H,11H2,1H3,(H,22,25)(H,23,24). The van der Waals surface area contributed by atoms with E-state index in [4.69, 9.17) is 0 Å². The molecule has 0 radical (unpaired) electrons. The number of nitrogens with one attached hydrogen (secondary N) is 2. The van der Waals surface area contributed by atoms with Crippen LogP contribution in [0.5, 0.6) is 0 Å². The van der Waals surface area contributed by atoms with E-state index in [9.17, 15) is 9.18 Å². The van der Waals surface area contributed by atoms with E-state index in [2.05, 4.69) is 15.5 Å². The van der Waals surface area contributed by atoms with Gasteiger partial charge in [0.25, 0.3) is 0 Å². The van der Waals surface area contributed by atoms with E-state index in [1.165, 1.54) is 12.1 Å². The van der Waals surface area contributed by atoms with Gasteiger partial charge in [0.1, 0.15) is 5.82 Å². The van der Waals surface area contributed by atoms with E-state index in [1.807, 2.05) is 42.6 Å². The zero-order valence-electron chi connectivity index (χ0n) is 14.0. The number of amides is 1. The second-order valence-corrected chi connectivity index (χ2v) is 7.13. The molecule has 0 spiro atoms. The largest absolute Gasteiger partial charge is 0.326 e. The number of aromatic amines is 1. The number of aryl methyl sites for hydroxylation is 1. The minimum atomic E-state index is -0.303. The first-order valence-corrected chi connectivity index (χ1v) is 9.05. The Kier molecular flexibility index (Phi) is 4.26. The average Bonchev–Trinajstić information content (AvgIpc) is 3.24. The van der Waals surface area contributed by atoms with Crippen LogP contribution in [0.3, 0.4) is 0 Å². The average molecular weight is 365 g/mol. The third-order valence-corrected chi connectivity index (χ3v) is 5.04. The molecule has 130 valence electrons. The fraction of sp³-hybridized carbons (Fsp3) is 0.100. The van der Waals surface area contributed by atoms with Crippen LogP contribution in [0.2, 0.25) is 0 Å². The summed E-state index contributed by atoms with van der Waals surface area (Å²) in [6.45, 7) is 1.94. The van der Waals surface area contributed by atoms with Gasteiger partial charge in [-0.1, -0.05) is 18.2 Å². The van der Waals surface area contributed by atoms with Crippen molar-refractivity contribution in [1.82, 2.24) is 10.2 Å². The van der Waals surface area contributed by atoms with Crippen molar-refractivity contribution in [2.75, 3.05) is 5.32 Å². The quantitative estimate of drug-likeness (QED) is 0.539. The van der Waals surface area contributed by atoms with Gasteiger partial charge >= 0.3 is 0 Å². The number of carbonyl (C=O) groups excluding carboxylic acids is 1. The van der Waals surface area contributed by atoms with E-state index >= 15 is 0 Å². The lowest BCUT2D eigenvalue weighted by Crippen LogP contribution is -2.13. The van der Waals surface area contributed by atoms with Gasteiger partial charge in [0, 0.05) is 21.5 Å². The molecule has 0 aliphatic carbocycles. The third-order valence-electron chi connectivity index (χ3n) is 4.16. The molecule has 0 fully saturated rings. The van der Waals surface area contributed by atoms with Crippen molar-refractivity contribution in [3.8, 4) is 11.3 Å².